The number of aryl methyl sites for hydroxylation is 3. The van der Waals surface area contributed by atoms with Gasteiger partial charge in [-0.2, -0.15) is 5.10 Å². The molecule has 1 aromatic rings. The summed E-state index contributed by atoms with van der Waals surface area (Å²) in [6, 6.07) is 2.02. The smallest absolute Gasteiger partial charge is 0.230 e. The lowest BCUT2D eigenvalue weighted by Gasteiger charge is -2.13. The first-order valence-corrected chi connectivity index (χ1v) is 6.75. The fourth-order valence-electron chi connectivity index (χ4n) is 2.06. The standard InChI is InChI=1S/C13H23N5O2/c1-4-11(12(14)17-20)13(19)15-6-5-7-18-10(3)8-9(2)16-18/h8,11,20H,4-7H2,1-3H3,(H2,14,17)(H,15,19). The van der Waals surface area contributed by atoms with Crippen molar-refractivity contribution < 1.29 is 10.0 Å². The Labute approximate surface area is 118 Å². The largest absolute Gasteiger partial charge is 0.409 e. The molecule has 1 amide bonds. The quantitative estimate of drug-likeness (QED) is 0.226. The van der Waals surface area contributed by atoms with Crippen molar-refractivity contribution in [1.82, 2.24) is 15.1 Å². The summed E-state index contributed by atoms with van der Waals surface area (Å²) in [4.78, 5) is 11.9. The van der Waals surface area contributed by atoms with Crippen LogP contribution in [-0.2, 0) is 11.3 Å². The first-order chi connectivity index (χ1) is 9.49. The number of nitrogens with one attached hydrogen (secondary N) is 1. The van der Waals surface area contributed by atoms with E-state index in [1.807, 2.05) is 31.5 Å². The number of nitrogens with two attached hydrogens (primary N) is 1. The van der Waals surface area contributed by atoms with Gasteiger partial charge in [0.2, 0.25) is 5.91 Å². The number of hydrogen-bond donors (Lipinski definition) is 3. The number of amides is 1. The van der Waals surface area contributed by atoms with Gasteiger partial charge in [0.15, 0.2) is 5.84 Å². The van der Waals surface area contributed by atoms with Crippen LogP contribution >= 0.6 is 0 Å². The first kappa shape index (κ1) is 16.0. The van der Waals surface area contributed by atoms with Gasteiger partial charge in [0.1, 0.15) is 0 Å². The van der Waals surface area contributed by atoms with Gasteiger partial charge < -0.3 is 16.3 Å². The van der Waals surface area contributed by atoms with Gasteiger partial charge in [0.05, 0.1) is 11.6 Å². The Hall–Kier alpha value is -2.05. The zero-order valence-corrected chi connectivity index (χ0v) is 12.3. The molecule has 1 unspecified atom stereocenters. The zero-order valence-electron chi connectivity index (χ0n) is 12.3. The summed E-state index contributed by atoms with van der Waals surface area (Å²) in [6.45, 7) is 7.06. The summed E-state index contributed by atoms with van der Waals surface area (Å²) < 4.78 is 1.92. The lowest BCUT2D eigenvalue weighted by atomic mass is 10.0. The monoisotopic (exact) mass is 281 g/mol. The minimum atomic E-state index is -0.575. The maximum Gasteiger partial charge on any atom is 0.230 e. The predicted octanol–water partition coefficient (Wildman–Crippen LogP) is 0.779. The molecule has 1 atom stereocenters. The highest BCUT2D eigenvalue weighted by Crippen LogP contribution is 2.04. The van der Waals surface area contributed by atoms with Gasteiger partial charge in [-0.3, -0.25) is 9.48 Å². The summed E-state index contributed by atoms with van der Waals surface area (Å²) in [6.07, 6.45) is 1.28. The molecule has 0 bridgehead atoms. The normalized spacial score (nSPS) is 13.2. The number of aromatic nitrogens is 2. The third-order valence-electron chi connectivity index (χ3n) is 3.15. The van der Waals surface area contributed by atoms with E-state index < -0.39 is 5.92 Å². The lowest BCUT2D eigenvalue weighted by Crippen LogP contribution is -2.39. The second-order valence-electron chi connectivity index (χ2n) is 4.78. The molecule has 0 fully saturated rings. The van der Waals surface area contributed by atoms with Gasteiger partial charge in [0, 0.05) is 18.8 Å². The molecule has 4 N–H and O–H groups in total. The topological polar surface area (TPSA) is 106 Å². The molecule has 0 aliphatic heterocycles. The molecule has 0 aromatic carbocycles. The van der Waals surface area contributed by atoms with E-state index in [-0.39, 0.29) is 11.7 Å². The van der Waals surface area contributed by atoms with Gasteiger partial charge in [-0.15, -0.1) is 0 Å². The molecule has 1 heterocycles. The Morgan fingerprint density at radius 2 is 2.30 bits per heavy atom. The molecule has 1 aromatic heterocycles. The first-order valence-electron chi connectivity index (χ1n) is 6.75. The number of nitrogens with zero attached hydrogens (tertiary/aromatic N) is 3. The summed E-state index contributed by atoms with van der Waals surface area (Å²) in [5.41, 5.74) is 7.57. The molecule has 0 spiro atoms. The summed E-state index contributed by atoms with van der Waals surface area (Å²) >= 11 is 0. The zero-order chi connectivity index (χ0) is 15.1. The van der Waals surface area contributed by atoms with E-state index in [1.54, 1.807) is 0 Å². The average Bonchev–Trinajstić information content (AvgIpc) is 2.73. The van der Waals surface area contributed by atoms with Crippen LogP contribution in [0.2, 0.25) is 0 Å². The lowest BCUT2D eigenvalue weighted by molar-refractivity contribution is -0.123. The van der Waals surface area contributed by atoms with E-state index in [1.165, 1.54) is 0 Å². The number of hydrogen-bond acceptors (Lipinski definition) is 4. The van der Waals surface area contributed by atoms with Gasteiger partial charge in [-0.1, -0.05) is 12.1 Å². The molecule has 0 saturated heterocycles. The summed E-state index contributed by atoms with van der Waals surface area (Å²) in [7, 11) is 0. The van der Waals surface area contributed by atoms with Gasteiger partial charge in [-0.25, -0.2) is 0 Å². The van der Waals surface area contributed by atoms with E-state index >= 15 is 0 Å². The Balaban J connectivity index is 2.37. The van der Waals surface area contributed by atoms with Crippen LogP contribution in [0.25, 0.3) is 0 Å². The van der Waals surface area contributed by atoms with Crippen LogP contribution in [0.3, 0.4) is 0 Å². The SMILES string of the molecule is CCC(C(=O)NCCCn1nc(C)cc1C)/C(N)=N/O. The molecular formula is C13H23N5O2. The van der Waals surface area contributed by atoms with Gasteiger partial charge in [-0.05, 0) is 32.8 Å². The van der Waals surface area contributed by atoms with Gasteiger partial charge >= 0.3 is 0 Å². The number of oxime groups is 1. The second kappa shape index (κ2) is 7.52. The van der Waals surface area contributed by atoms with Crippen LogP contribution in [0.15, 0.2) is 11.2 Å². The molecule has 112 valence electrons. The Kier molecular flexibility index (Phi) is 6.02. The van der Waals surface area contributed by atoms with E-state index in [0.717, 1.165) is 24.4 Å². The van der Waals surface area contributed by atoms with Crippen molar-refractivity contribution in [2.24, 2.45) is 16.8 Å². The van der Waals surface area contributed by atoms with Crippen molar-refractivity contribution in [3.05, 3.63) is 17.5 Å². The highest BCUT2D eigenvalue weighted by Gasteiger charge is 2.20. The molecule has 0 aliphatic carbocycles. The third kappa shape index (κ3) is 4.25. The molecular weight excluding hydrogens is 258 g/mol. The molecule has 7 heteroatoms. The minimum absolute atomic E-state index is 0.0523. The Morgan fingerprint density at radius 1 is 1.60 bits per heavy atom. The number of rotatable bonds is 7. The predicted molar refractivity (Wildman–Crippen MR) is 76.5 cm³/mol. The fraction of sp³-hybridized carbons (Fsp3) is 0.615. The number of amidine groups is 1. The molecule has 0 radical (unpaired) electrons. The van der Waals surface area contributed by atoms with Gasteiger partial charge in [0.25, 0.3) is 0 Å². The van der Waals surface area contributed by atoms with E-state index in [2.05, 4.69) is 15.6 Å². The van der Waals surface area contributed by atoms with Crippen LogP contribution in [-0.4, -0.2) is 33.3 Å². The van der Waals surface area contributed by atoms with Crippen LogP contribution < -0.4 is 11.1 Å². The highest BCUT2D eigenvalue weighted by atomic mass is 16.4. The number of carbonyl (C=O) groups is 1. The minimum Gasteiger partial charge on any atom is -0.409 e. The molecule has 1 rings (SSSR count). The molecule has 0 saturated carbocycles. The Bertz CT molecular complexity index is 481. The Morgan fingerprint density at radius 3 is 2.80 bits per heavy atom. The van der Waals surface area contributed by atoms with E-state index in [4.69, 9.17) is 10.9 Å². The van der Waals surface area contributed by atoms with E-state index in [0.29, 0.717) is 13.0 Å². The molecule has 0 aliphatic rings. The third-order valence-corrected chi connectivity index (χ3v) is 3.15. The fourth-order valence-corrected chi connectivity index (χ4v) is 2.06. The van der Waals surface area contributed by atoms with Crippen molar-refractivity contribution >= 4 is 11.7 Å². The summed E-state index contributed by atoms with van der Waals surface area (Å²) in [5.74, 6) is -0.839. The van der Waals surface area contributed by atoms with Crippen LogP contribution in [0.5, 0.6) is 0 Å². The average molecular weight is 281 g/mol. The second-order valence-corrected chi connectivity index (χ2v) is 4.78. The van der Waals surface area contributed by atoms with Crippen molar-refractivity contribution in [2.75, 3.05) is 6.54 Å². The molecule has 20 heavy (non-hydrogen) atoms. The van der Waals surface area contributed by atoms with Crippen molar-refractivity contribution in [2.45, 2.75) is 40.2 Å². The van der Waals surface area contributed by atoms with Crippen LogP contribution in [0, 0.1) is 19.8 Å². The van der Waals surface area contributed by atoms with Crippen molar-refractivity contribution in [1.29, 1.82) is 0 Å². The van der Waals surface area contributed by atoms with E-state index in [9.17, 15) is 4.79 Å². The van der Waals surface area contributed by atoms with Crippen LogP contribution in [0.4, 0.5) is 0 Å². The summed E-state index contributed by atoms with van der Waals surface area (Å²) in [5, 5.41) is 18.6. The molecule has 7 nitrogen and oxygen atoms in total. The number of carbonyl (C=O) groups excluding carboxylic acids is 1. The maximum absolute atomic E-state index is 11.9. The van der Waals surface area contributed by atoms with Crippen molar-refractivity contribution in [3.63, 3.8) is 0 Å². The highest BCUT2D eigenvalue weighted by molar-refractivity contribution is 6.01. The maximum atomic E-state index is 11.9. The van der Waals surface area contributed by atoms with Crippen LogP contribution in [0.1, 0.15) is 31.2 Å². The van der Waals surface area contributed by atoms with Crippen molar-refractivity contribution in [3.8, 4) is 0 Å².